The molecule has 2 heteroatoms. The van der Waals surface area contributed by atoms with Gasteiger partial charge in [-0.05, 0) is 54.5 Å². The van der Waals surface area contributed by atoms with Crippen LogP contribution in [0.1, 0.15) is 29.7 Å². The van der Waals surface area contributed by atoms with Gasteiger partial charge in [0, 0.05) is 10.9 Å². The highest BCUT2D eigenvalue weighted by Gasteiger charge is 2.06. The first-order valence-electron chi connectivity index (χ1n) is 5.49. The number of nitrogens with two attached hydrogens (primary N) is 1. The highest BCUT2D eigenvalue weighted by molar-refractivity contribution is 7.13. The van der Waals surface area contributed by atoms with Crippen LogP contribution in [0.3, 0.4) is 0 Å². The summed E-state index contributed by atoms with van der Waals surface area (Å²) in [6.07, 6.45) is 0. The Morgan fingerprint density at radius 3 is 2.44 bits per heavy atom. The maximum absolute atomic E-state index is 5.87. The van der Waals surface area contributed by atoms with Crippen molar-refractivity contribution < 1.29 is 0 Å². The van der Waals surface area contributed by atoms with Crippen molar-refractivity contribution in [3.05, 3.63) is 46.3 Å². The summed E-state index contributed by atoms with van der Waals surface area (Å²) in [6, 6.07) is 8.91. The Balaban J connectivity index is 2.39. The van der Waals surface area contributed by atoms with Crippen molar-refractivity contribution >= 4 is 11.3 Å². The Labute approximate surface area is 101 Å². The molecule has 0 aliphatic heterocycles. The normalized spacial score (nSPS) is 12.8. The number of rotatable bonds is 2. The Morgan fingerprint density at radius 2 is 1.88 bits per heavy atom. The van der Waals surface area contributed by atoms with E-state index in [1.165, 1.54) is 27.1 Å². The Morgan fingerprint density at radius 1 is 1.12 bits per heavy atom. The standard InChI is InChI=1S/C14H17NS/c1-9-4-5-12(6-10(9)2)14-7-13(8-16-14)11(3)15/h4-8,11H,15H2,1-3H3. The van der Waals surface area contributed by atoms with Crippen LogP contribution in [-0.4, -0.2) is 0 Å². The van der Waals surface area contributed by atoms with E-state index in [1.807, 2.05) is 6.92 Å². The zero-order chi connectivity index (χ0) is 11.7. The van der Waals surface area contributed by atoms with Crippen LogP contribution in [0.2, 0.25) is 0 Å². The van der Waals surface area contributed by atoms with Crippen LogP contribution in [0.25, 0.3) is 10.4 Å². The van der Waals surface area contributed by atoms with Gasteiger partial charge in [0.2, 0.25) is 0 Å². The summed E-state index contributed by atoms with van der Waals surface area (Å²) in [7, 11) is 0. The van der Waals surface area contributed by atoms with Crippen molar-refractivity contribution in [2.24, 2.45) is 5.73 Å². The molecule has 0 saturated heterocycles. The maximum Gasteiger partial charge on any atom is 0.0346 e. The van der Waals surface area contributed by atoms with Crippen LogP contribution >= 0.6 is 11.3 Å². The molecular weight excluding hydrogens is 214 g/mol. The molecule has 1 aromatic heterocycles. The molecule has 84 valence electrons. The van der Waals surface area contributed by atoms with Gasteiger partial charge in [0.05, 0.1) is 0 Å². The minimum atomic E-state index is 0.122. The largest absolute Gasteiger partial charge is 0.324 e. The summed E-state index contributed by atoms with van der Waals surface area (Å²) in [5.41, 5.74) is 11.1. The summed E-state index contributed by atoms with van der Waals surface area (Å²) in [5.74, 6) is 0. The summed E-state index contributed by atoms with van der Waals surface area (Å²) in [6.45, 7) is 6.31. The van der Waals surface area contributed by atoms with Crippen LogP contribution in [0.4, 0.5) is 0 Å². The lowest BCUT2D eigenvalue weighted by molar-refractivity contribution is 0.823. The van der Waals surface area contributed by atoms with E-state index in [9.17, 15) is 0 Å². The molecule has 1 heterocycles. The molecule has 0 saturated carbocycles. The second kappa shape index (κ2) is 4.40. The first kappa shape index (κ1) is 11.4. The molecule has 2 aromatic rings. The summed E-state index contributed by atoms with van der Waals surface area (Å²) in [5, 5.41) is 2.15. The average molecular weight is 231 g/mol. The van der Waals surface area contributed by atoms with Gasteiger partial charge in [-0.3, -0.25) is 0 Å². The molecule has 0 aliphatic rings. The van der Waals surface area contributed by atoms with Gasteiger partial charge < -0.3 is 5.73 Å². The fraction of sp³-hybridized carbons (Fsp3) is 0.286. The Hall–Kier alpha value is -1.12. The first-order valence-corrected chi connectivity index (χ1v) is 6.37. The molecule has 2 N–H and O–H groups in total. The predicted molar refractivity (Wildman–Crippen MR) is 71.8 cm³/mol. The highest BCUT2D eigenvalue weighted by Crippen LogP contribution is 2.30. The number of hydrogen-bond acceptors (Lipinski definition) is 2. The average Bonchev–Trinajstić information content (AvgIpc) is 2.71. The topological polar surface area (TPSA) is 26.0 Å². The van der Waals surface area contributed by atoms with Crippen molar-refractivity contribution in [2.45, 2.75) is 26.8 Å². The fourth-order valence-electron chi connectivity index (χ4n) is 1.64. The summed E-state index contributed by atoms with van der Waals surface area (Å²) in [4.78, 5) is 1.30. The minimum Gasteiger partial charge on any atom is -0.324 e. The molecule has 1 aromatic carbocycles. The van der Waals surface area contributed by atoms with Crippen molar-refractivity contribution in [2.75, 3.05) is 0 Å². The van der Waals surface area contributed by atoms with E-state index in [0.29, 0.717) is 0 Å². The molecule has 1 nitrogen and oxygen atoms in total. The third-order valence-corrected chi connectivity index (χ3v) is 3.93. The summed E-state index contributed by atoms with van der Waals surface area (Å²) >= 11 is 1.77. The molecule has 0 amide bonds. The molecule has 1 atom stereocenters. The Bertz CT molecular complexity index is 497. The molecule has 16 heavy (non-hydrogen) atoms. The zero-order valence-electron chi connectivity index (χ0n) is 9.95. The maximum atomic E-state index is 5.87. The van der Waals surface area contributed by atoms with E-state index in [0.717, 1.165) is 0 Å². The Kier molecular flexibility index (Phi) is 3.13. The van der Waals surface area contributed by atoms with Gasteiger partial charge in [-0.15, -0.1) is 11.3 Å². The molecule has 0 aliphatic carbocycles. The van der Waals surface area contributed by atoms with Gasteiger partial charge in [-0.25, -0.2) is 0 Å². The van der Waals surface area contributed by atoms with E-state index in [4.69, 9.17) is 5.73 Å². The van der Waals surface area contributed by atoms with Crippen LogP contribution in [-0.2, 0) is 0 Å². The third kappa shape index (κ3) is 2.18. The quantitative estimate of drug-likeness (QED) is 0.829. The number of benzene rings is 1. The molecule has 0 fully saturated rings. The number of thiophene rings is 1. The smallest absolute Gasteiger partial charge is 0.0346 e. The first-order chi connectivity index (χ1) is 7.58. The van der Waals surface area contributed by atoms with Gasteiger partial charge >= 0.3 is 0 Å². The zero-order valence-corrected chi connectivity index (χ0v) is 10.8. The van der Waals surface area contributed by atoms with Gasteiger partial charge in [0.15, 0.2) is 0 Å². The minimum absolute atomic E-state index is 0.122. The molecule has 1 unspecified atom stereocenters. The van der Waals surface area contributed by atoms with Gasteiger partial charge in [-0.2, -0.15) is 0 Å². The van der Waals surface area contributed by atoms with Gasteiger partial charge in [0.25, 0.3) is 0 Å². The van der Waals surface area contributed by atoms with Crippen LogP contribution < -0.4 is 5.73 Å². The molecule has 0 spiro atoms. The molecule has 0 radical (unpaired) electrons. The van der Waals surface area contributed by atoms with Crippen molar-refractivity contribution in [3.63, 3.8) is 0 Å². The molecule has 0 bridgehead atoms. The van der Waals surface area contributed by atoms with Crippen molar-refractivity contribution in [1.82, 2.24) is 0 Å². The van der Waals surface area contributed by atoms with Crippen molar-refractivity contribution in [3.8, 4) is 10.4 Å². The van der Waals surface area contributed by atoms with Crippen LogP contribution in [0, 0.1) is 13.8 Å². The second-order valence-electron chi connectivity index (χ2n) is 4.33. The van der Waals surface area contributed by atoms with E-state index in [1.54, 1.807) is 11.3 Å². The lowest BCUT2D eigenvalue weighted by atomic mass is 10.0. The molecule has 2 rings (SSSR count). The van der Waals surface area contributed by atoms with Crippen molar-refractivity contribution in [1.29, 1.82) is 0 Å². The van der Waals surface area contributed by atoms with E-state index in [2.05, 4.69) is 43.5 Å². The lowest BCUT2D eigenvalue weighted by Crippen LogP contribution is -2.02. The van der Waals surface area contributed by atoms with Gasteiger partial charge in [0.1, 0.15) is 0 Å². The second-order valence-corrected chi connectivity index (χ2v) is 5.24. The van der Waals surface area contributed by atoms with Crippen LogP contribution in [0.15, 0.2) is 29.6 Å². The highest BCUT2D eigenvalue weighted by atomic mass is 32.1. The summed E-state index contributed by atoms with van der Waals surface area (Å²) < 4.78 is 0. The SMILES string of the molecule is Cc1ccc(-c2cc(C(C)N)cs2)cc1C. The third-order valence-electron chi connectivity index (χ3n) is 2.94. The lowest BCUT2D eigenvalue weighted by Gasteiger charge is -2.03. The van der Waals surface area contributed by atoms with E-state index in [-0.39, 0.29) is 6.04 Å². The van der Waals surface area contributed by atoms with E-state index < -0.39 is 0 Å². The van der Waals surface area contributed by atoms with Crippen LogP contribution in [0.5, 0.6) is 0 Å². The number of hydrogen-bond donors (Lipinski definition) is 1. The predicted octanol–water partition coefficient (Wildman–Crippen LogP) is 4.05. The van der Waals surface area contributed by atoms with Gasteiger partial charge in [-0.1, -0.05) is 18.2 Å². The molecular formula is C14H17NS. The number of aryl methyl sites for hydroxylation is 2. The fourth-order valence-corrected chi connectivity index (χ4v) is 2.65. The monoisotopic (exact) mass is 231 g/mol. The van der Waals surface area contributed by atoms with E-state index >= 15 is 0 Å².